The van der Waals surface area contributed by atoms with Crippen LogP contribution in [0.3, 0.4) is 0 Å². The second-order valence-electron chi connectivity index (χ2n) is 9.40. The maximum absolute atomic E-state index is 13.4. The predicted molar refractivity (Wildman–Crippen MR) is 120 cm³/mol. The molecular formula is C24H36N4O4. The van der Waals surface area contributed by atoms with Crippen LogP contribution in [0.4, 0.5) is 0 Å². The van der Waals surface area contributed by atoms with E-state index >= 15 is 0 Å². The largest absolute Gasteiger partial charge is 0.465 e. The molecule has 1 saturated carbocycles. The second kappa shape index (κ2) is 10.4. The maximum Gasteiger partial charge on any atom is 0.342 e. The van der Waals surface area contributed by atoms with E-state index in [1.54, 1.807) is 11.8 Å². The summed E-state index contributed by atoms with van der Waals surface area (Å²) < 4.78 is 4.94. The molecule has 8 nitrogen and oxygen atoms in total. The van der Waals surface area contributed by atoms with Crippen molar-refractivity contribution in [2.45, 2.75) is 78.2 Å². The minimum Gasteiger partial charge on any atom is -0.465 e. The molecule has 2 fully saturated rings. The number of carbonyl (C=O) groups excluding carboxylic acids is 3. The van der Waals surface area contributed by atoms with Crippen LogP contribution in [0.2, 0.25) is 0 Å². The van der Waals surface area contributed by atoms with Gasteiger partial charge < -0.3 is 14.5 Å². The molecule has 1 aromatic heterocycles. The zero-order chi connectivity index (χ0) is 23.4. The van der Waals surface area contributed by atoms with Crippen LogP contribution in [0.15, 0.2) is 0 Å². The molecule has 1 aromatic rings. The van der Waals surface area contributed by atoms with Crippen molar-refractivity contribution in [2.75, 3.05) is 26.7 Å². The highest BCUT2D eigenvalue weighted by Gasteiger charge is 2.34. The Labute approximate surface area is 190 Å². The van der Waals surface area contributed by atoms with Gasteiger partial charge in [0.15, 0.2) is 0 Å². The Morgan fingerprint density at radius 3 is 2.41 bits per heavy atom. The first-order chi connectivity index (χ1) is 15.2. The maximum atomic E-state index is 13.4. The summed E-state index contributed by atoms with van der Waals surface area (Å²) in [6.07, 6.45) is 6.59. The predicted octanol–water partition coefficient (Wildman–Crippen LogP) is 3.34. The molecule has 3 rings (SSSR count). The number of amides is 2. The quantitative estimate of drug-likeness (QED) is 0.625. The molecule has 2 heterocycles. The lowest BCUT2D eigenvalue weighted by Gasteiger charge is -2.40. The Balaban J connectivity index is 1.73. The first kappa shape index (κ1) is 24.1. The fraction of sp³-hybridized carbons (Fsp3) is 0.708. The summed E-state index contributed by atoms with van der Waals surface area (Å²) in [5.41, 5.74) is 0.739. The third-order valence-electron chi connectivity index (χ3n) is 6.66. The summed E-state index contributed by atoms with van der Waals surface area (Å²) in [5, 5.41) is 0. The van der Waals surface area contributed by atoms with E-state index in [-0.39, 0.29) is 35.0 Å². The van der Waals surface area contributed by atoms with E-state index in [0.29, 0.717) is 43.5 Å². The van der Waals surface area contributed by atoms with Crippen LogP contribution in [0, 0.1) is 12.8 Å². The van der Waals surface area contributed by atoms with Crippen molar-refractivity contribution in [1.82, 2.24) is 19.8 Å². The number of piperazine rings is 1. The number of hydrogen-bond acceptors (Lipinski definition) is 6. The topological polar surface area (TPSA) is 92.7 Å². The Hall–Kier alpha value is -2.51. The molecule has 1 atom stereocenters. The summed E-state index contributed by atoms with van der Waals surface area (Å²) in [6, 6.07) is -0.0853. The Morgan fingerprint density at radius 1 is 1.12 bits per heavy atom. The number of rotatable bonds is 6. The summed E-state index contributed by atoms with van der Waals surface area (Å²) in [6.45, 7) is 8.84. The second-order valence-corrected chi connectivity index (χ2v) is 9.40. The average Bonchev–Trinajstić information content (AvgIpc) is 3.29. The van der Waals surface area contributed by atoms with Gasteiger partial charge in [0.25, 0.3) is 5.91 Å². The first-order valence-corrected chi connectivity index (χ1v) is 11.8. The molecule has 0 N–H and O–H groups in total. The smallest absolute Gasteiger partial charge is 0.342 e. The Bertz CT molecular complexity index is 864. The molecule has 2 amide bonds. The fourth-order valence-corrected chi connectivity index (χ4v) is 4.90. The third-order valence-corrected chi connectivity index (χ3v) is 6.66. The number of nitrogens with zero attached hydrogens (tertiary/aromatic N) is 4. The summed E-state index contributed by atoms with van der Waals surface area (Å²) in [4.78, 5) is 51.0. The van der Waals surface area contributed by atoms with Crippen molar-refractivity contribution < 1.29 is 19.1 Å². The van der Waals surface area contributed by atoms with Crippen molar-refractivity contribution in [1.29, 1.82) is 0 Å². The van der Waals surface area contributed by atoms with Gasteiger partial charge in [0.05, 0.1) is 12.8 Å². The summed E-state index contributed by atoms with van der Waals surface area (Å²) in [5.74, 6) is 0.314. The molecule has 0 spiro atoms. The number of aryl methyl sites for hydroxylation is 1. The van der Waals surface area contributed by atoms with E-state index in [4.69, 9.17) is 4.74 Å². The van der Waals surface area contributed by atoms with Gasteiger partial charge in [-0.25, -0.2) is 14.8 Å². The highest BCUT2D eigenvalue weighted by Crippen LogP contribution is 2.29. The first-order valence-electron chi connectivity index (χ1n) is 11.8. The molecule has 176 valence electrons. The SMILES string of the molecule is COC(=O)c1c(C(=O)N2CCN(C(=O)CCC3CCCC3)C(C)C2)nc(C)nc1C(C)C. The van der Waals surface area contributed by atoms with E-state index in [2.05, 4.69) is 9.97 Å². The van der Waals surface area contributed by atoms with Crippen LogP contribution in [0.5, 0.6) is 0 Å². The highest BCUT2D eigenvalue weighted by atomic mass is 16.5. The number of methoxy groups -OCH3 is 1. The number of hydrogen-bond donors (Lipinski definition) is 0. The highest BCUT2D eigenvalue weighted by molar-refractivity contribution is 6.04. The molecule has 1 aliphatic heterocycles. The van der Waals surface area contributed by atoms with Gasteiger partial charge in [-0.05, 0) is 32.1 Å². The molecule has 1 unspecified atom stereocenters. The van der Waals surface area contributed by atoms with Gasteiger partial charge in [0, 0.05) is 32.1 Å². The van der Waals surface area contributed by atoms with Gasteiger partial charge in [-0.2, -0.15) is 0 Å². The van der Waals surface area contributed by atoms with Gasteiger partial charge >= 0.3 is 5.97 Å². The Kier molecular flexibility index (Phi) is 7.85. The van der Waals surface area contributed by atoms with Gasteiger partial charge in [-0.15, -0.1) is 0 Å². The lowest BCUT2D eigenvalue weighted by Crippen LogP contribution is -2.55. The van der Waals surface area contributed by atoms with Crippen LogP contribution in [0.1, 0.15) is 97.6 Å². The van der Waals surface area contributed by atoms with E-state index in [9.17, 15) is 14.4 Å². The third kappa shape index (κ3) is 5.27. The van der Waals surface area contributed by atoms with Crippen molar-refractivity contribution in [3.05, 3.63) is 22.8 Å². The van der Waals surface area contributed by atoms with Gasteiger partial charge in [0.1, 0.15) is 17.1 Å². The Morgan fingerprint density at radius 2 is 1.81 bits per heavy atom. The van der Waals surface area contributed by atoms with Crippen LogP contribution in [-0.2, 0) is 9.53 Å². The van der Waals surface area contributed by atoms with Crippen molar-refractivity contribution in [2.24, 2.45) is 5.92 Å². The summed E-state index contributed by atoms with van der Waals surface area (Å²) in [7, 11) is 1.29. The number of esters is 1. The zero-order valence-corrected chi connectivity index (χ0v) is 20.0. The number of carbonyl (C=O) groups is 3. The van der Waals surface area contributed by atoms with Gasteiger partial charge in [-0.3, -0.25) is 9.59 Å². The lowest BCUT2D eigenvalue weighted by molar-refractivity contribution is -0.135. The molecular weight excluding hydrogens is 408 g/mol. The van der Waals surface area contributed by atoms with Crippen LogP contribution >= 0.6 is 0 Å². The molecule has 0 bridgehead atoms. The van der Waals surface area contributed by atoms with Crippen molar-refractivity contribution >= 4 is 17.8 Å². The number of ether oxygens (including phenoxy) is 1. The molecule has 2 aliphatic rings. The zero-order valence-electron chi connectivity index (χ0n) is 20.0. The molecule has 0 radical (unpaired) electrons. The average molecular weight is 445 g/mol. The molecule has 32 heavy (non-hydrogen) atoms. The van der Waals surface area contributed by atoms with E-state index < -0.39 is 5.97 Å². The van der Waals surface area contributed by atoms with E-state index in [1.165, 1.54) is 32.8 Å². The van der Waals surface area contributed by atoms with Crippen LogP contribution in [0.25, 0.3) is 0 Å². The monoisotopic (exact) mass is 444 g/mol. The van der Waals surface area contributed by atoms with E-state index in [1.807, 2.05) is 25.7 Å². The van der Waals surface area contributed by atoms with Crippen LogP contribution < -0.4 is 0 Å². The normalized spacial score (nSPS) is 19.5. The molecule has 1 aliphatic carbocycles. The molecule has 8 heteroatoms. The van der Waals surface area contributed by atoms with Crippen LogP contribution in [-0.4, -0.2) is 70.3 Å². The summed E-state index contributed by atoms with van der Waals surface area (Å²) >= 11 is 0. The molecule has 1 saturated heterocycles. The van der Waals surface area contributed by atoms with Gasteiger partial charge in [0.2, 0.25) is 5.91 Å². The fourth-order valence-electron chi connectivity index (χ4n) is 4.90. The number of aromatic nitrogens is 2. The standard InChI is InChI=1S/C24H36N4O4/c1-15(2)21-20(24(31)32-5)22(26-17(4)25-21)23(30)27-12-13-28(16(3)14-27)19(29)11-10-18-8-6-7-9-18/h15-16,18H,6-14H2,1-5H3. The minimum absolute atomic E-state index is 0.0643. The molecule has 0 aromatic carbocycles. The van der Waals surface area contributed by atoms with Gasteiger partial charge in [-0.1, -0.05) is 39.5 Å². The van der Waals surface area contributed by atoms with Crippen molar-refractivity contribution in [3.8, 4) is 0 Å². The minimum atomic E-state index is -0.606. The van der Waals surface area contributed by atoms with Crippen molar-refractivity contribution in [3.63, 3.8) is 0 Å². The van der Waals surface area contributed by atoms with E-state index in [0.717, 1.165) is 6.42 Å². The lowest BCUT2D eigenvalue weighted by atomic mass is 10.00.